The predicted octanol–water partition coefficient (Wildman–Crippen LogP) is 5.28. The lowest BCUT2D eigenvalue weighted by Crippen LogP contribution is -2.36. The number of nitrogens with zero attached hydrogens (tertiary/aromatic N) is 3. The lowest BCUT2D eigenvalue weighted by atomic mass is 10.0. The number of rotatable bonds is 3. The molecule has 0 spiro atoms. The molecular formula is C21H16Cl3N5O2. The van der Waals surface area contributed by atoms with Gasteiger partial charge in [0.25, 0.3) is 5.91 Å². The molecule has 0 radical (unpaired) electrons. The normalized spacial score (nSPS) is 12.8. The number of hydrogen-bond donors (Lipinski definition) is 2. The molecule has 1 aliphatic rings. The molecule has 3 amide bonds. The number of fused-ring (bicyclic) bond motifs is 1. The van der Waals surface area contributed by atoms with Crippen molar-refractivity contribution in [2.45, 2.75) is 13.0 Å². The molecule has 0 saturated carbocycles. The van der Waals surface area contributed by atoms with E-state index >= 15 is 0 Å². The minimum absolute atomic E-state index is 0.157. The Morgan fingerprint density at radius 3 is 2.45 bits per heavy atom. The van der Waals surface area contributed by atoms with E-state index in [1.165, 1.54) is 0 Å². The summed E-state index contributed by atoms with van der Waals surface area (Å²) < 4.78 is 0. The fraction of sp³-hybridized carbons (Fsp3) is 0.143. The number of urea groups is 1. The highest BCUT2D eigenvalue weighted by Gasteiger charge is 2.23. The first-order chi connectivity index (χ1) is 14.9. The maximum atomic E-state index is 13.0. The van der Waals surface area contributed by atoms with Crippen LogP contribution in [0.1, 0.15) is 21.6 Å². The number of amides is 3. The monoisotopic (exact) mass is 475 g/mol. The summed E-state index contributed by atoms with van der Waals surface area (Å²) in [7, 11) is 0. The van der Waals surface area contributed by atoms with Crippen LogP contribution in [0.2, 0.25) is 15.2 Å². The van der Waals surface area contributed by atoms with Crippen LogP contribution in [0.3, 0.4) is 0 Å². The standard InChI is InChI=1S/C21H16Cl3N5O2/c22-16-5-4-15(10-17(16)23)26-21(31)25-14-3-1-2-13(8-14)20(30)29-7-6-12-9-19(24)28-27-18(12)11-29/h1-5,8-10H,6-7,11H2,(H2,25,26,31). The van der Waals surface area contributed by atoms with Gasteiger partial charge < -0.3 is 15.5 Å². The highest BCUT2D eigenvalue weighted by molar-refractivity contribution is 6.42. The molecule has 7 nitrogen and oxygen atoms in total. The van der Waals surface area contributed by atoms with Crippen molar-refractivity contribution >= 4 is 58.1 Å². The van der Waals surface area contributed by atoms with E-state index in [1.807, 2.05) is 0 Å². The Morgan fingerprint density at radius 2 is 1.68 bits per heavy atom. The second kappa shape index (κ2) is 9.09. The van der Waals surface area contributed by atoms with Gasteiger partial charge in [0.1, 0.15) is 0 Å². The molecule has 158 valence electrons. The van der Waals surface area contributed by atoms with Crippen molar-refractivity contribution in [3.63, 3.8) is 0 Å². The van der Waals surface area contributed by atoms with E-state index in [-0.39, 0.29) is 5.91 Å². The Hall–Kier alpha value is -2.87. The number of aromatic nitrogens is 2. The Morgan fingerprint density at radius 1 is 0.903 bits per heavy atom. The van der Waals surface area contributed by atoms with E-state index in [2.05, 4.69) is 20.8 Å². The molecule has 0 atom stereocenters. The highest BCUT2D eigenvalue weighted by Crippen LogP contribution is 2.25. The molecule has 31 heavy (non-hydrogen) atoms. The Labute approximate surface area is 193 Å². The lowest BCUT2D eigenvalue weighted by molar-refractivity contribution is 0.0731. The average molecular weight is 477 g/mol. The van der Waals surface area contributed by atoms with Crippen LogP contribution in [0.15, 0.2) is 48.5 Å². The average Bonchev–Trinajstić information content (AvgIpc) is 2.75. The molecule has 0 fully saturated rings. The van der Waals surface area contributed by atoms with Crippen LogP contribution < -0.4 is 10.6 Å². The minimum atomic E-state index is -0.470. The predicted molar refractivity (Wildman–Crippen MR) is 121 cm³/mol. The minimum Gasteiger partial charge on any atom is -0.332 e. The molecule has 0 unspecified atom stereocenters. The zero-order valence-electron chi connectivity index (χ0n) is 16.0. The van der Waals surface area contributed by atoms with Crippen LogP contribution in [0.5, 0.6) is 0 Å². The van der Waals surface area contributed by atoms with Crippen LogP contribution in [0.4, 0.5) is 16.2 Å². The van der Waals surface area contributed by atoms with Crippen LogP contribution in [0, 0.1) is 0 Å². The van der Waals surface area contributed by atoms with Crippen LogP contribution in [0.25, 0.3) is 0 Å². The van der Waals surface area contributed by atoms with E-state index in [1.54, 1.807) is 53.4 Å². The fourth-order valence-corrected chi connectivity index (χ4v) is 3.71. The number of halogens is 3. The largest absolute Gasteiger partial charge is 0.332 e. The molecule has 4 rings (SSSR count). The summed E-state index contributed by atoms with van der Waals surface area (Å²) in [6.45, 7) is 0.900. The maximum absolute atomic E-state index is 13.0. The number of carbonyl (C=O) groups is 2. The number of benzene rings is 2. The molecular weight excluding hydrogens is 461 g/mol. The third-order valence-electron chi connectivity index (χ3n) is 4.75. The molecule has 0 saturated heterocycles. The number of hydrogen-bond acceptors (Lipinski definition) is 4. The quantitative estimate of drug-likeness (QED) is 0.538. The Balaban J connectivity index is 1.43. The Kier molecular flexibility index (Phi) is 6.27. The van der Waals surface area contributed by atoms with Crippen molar-refractivity contribution in [3.05, 3.63) is 80.6 Å². The van der Waals surface area contributed by atoms with Gasteiger partial charge in [-0.05, 0) is 54.4 Å². The molecule has 0 bridgehead atoms. The molecule has 2 N–H and O–H groups in total. The molecule has 10 heteroatoms. The first-order valence-corrected chi connectivity index (χ1v) is 10.5. The van der Waals surface area contributed by atoms with Crippen molar-refractivity contribution < 1.29 is 9.59 Å². The van der Waals surface area contributed by atoms with Crippen LogP contribution in [-0.4, -0.2) is 33.6 Å². The van der Waals surface area contributed by atoms with Gasteiger partial charge >= 0.3 is 6.03 Å². The Bertz CT molecular complexity index is 1170. The van der Waals surface area contributed by atoms with E-state index in [0.717, 1.165) is 11.3 Å². The van der Waals surface area contributed by atoms with Crippen molar-refractivity contribution in [2.75, 3.05) is 17.2 Å². The van der Waals surface area contributed by atoms with Gasteiger partial charge in [0.05, 0.1) is 22.3 Å². The highest BCUT2D eigenvalue weighted by atomic mass is 35.5. The second-order valence-electron chi connectivity index (χ2n) is 6.90. The first kappa shape index (κ1) is 21.4. The van der Waals surface area contributed by atoms with Crippen molar-refractivity contribution in [1.82, 2.24) is 15.1 Å². The van der Waals surface area contributed by atoms with Gasteiger partial charge in [-0.25, -0.2) is 4.79 Å². The van der Waals surface area contributed by atoms with E-state index in [4.69, 9.17) is 34.8 Å². The maximum Gasteiger partial charge on any atom is 0.323 e. The number of carbonyl (C=O) groups excluding carboxylic acids is 2. The molecule has 3 aromatic rings. The van der Waals surface area contributed by atoms with Gasteiger partial charge in [-0.3, -0.25) is 4.79 Å². The van der Waals surface area contributed by atoms with E-state index in [9.17, 15) is 9.59 Å². The summed E-state index contributed by atoms with van der Waals surface area (Å²) in [5.74, 6) is -0.157. The van der Waals surface area contributed by atoms with Gasteiger partial charge in [0, 0.05) is 23.5 Å². The SMILES string of the molecule is O=C(Nc1cccc(C(=O)N2CCc3cc(Cl)nnc3C2)c1)Nc1ccc(Cl)c(Cl)c1. The molecule has 2 heterocycles. The van der Waals surface area contributed by atoms with Gasteiger partial charge in [-0.15, -0.1) is 5.10 Å². The summed E-state index contributed by atoms with van der Waals surface area (Å²) in [6.07, 6.45) is 0.653. The first-order valence-electron chi connectivity index (χ1n) is 9.32. The fourth-order valence-electron chi connectivity index (χ4n) is 3.25. The van der Waals surface area contributed by atoms with Crippen LogP contribution >= 0.6 is 34.8 Å². The second-order valence-corrected chi connectivity index (χ2v) is 8.11. The van der Waals surface area contributed by atoms with E-state index < -0.39 is 6.03 Å². The van der Waals surface area contributed by atoms with Gasteiger partial charge in [-0.2, -0.15) is 5.10 Å². The summed E-state index contributed by atoms with van der Waals surface area (Å²) in [6, 6.07) is 12.8. The third kappa shape index (κ3) is 5.07. The molecule has 2 aromatic carbocycles. The van der Waals surface area contributed by atoms with Crippen molar-refractivity contribution in [2.24, 2.45) is 0 Å². The summed E-state index contributed by atoms with van der Waals surface area (Å²) >= 11 is 17.7. The smallest absolute Gasteiger partial charge is 0.323 e. The van der Waals surface area contributed by atoms with Gasteiger partial charge in [0.15, 0.2) is 5.15 Å². The van der Waals surface area contributed by atoms with Crippen molar-refractivity contribution in [1.29, 1.82) is 0 Å². The van der Waals surface area contributed by atoms with Gasteiger partial charge in [-0.1, -0.05) is 40.9 Å². The van der Waals surface area contributed by atoms with Crippen LogP contribution in [-0.2, 0) is 13.0 Å². The topological polar surface area (TPSA) is 87.2 Å². The summed E-state index contributed by atoms with van der Waals surface area (Å²) in [4.78, 5) is 27.0. The molecule has 0 aliphatic carbocycles. The summed E-state index contributed by atoms with van der Waals surface area (Å²) in [5.41, 5.74) is 3.16. The third-order valence-corrected chi connectivity index (χ3v) is 5.68. The zero-order chi connectivity index (χ0) is 22.0. The number of nitrogens with one attached hydrogen (secondary N) is 2. The van der Waals surface area contributed by atoms with Gasteiger partial charge in [0.2, 0.25) is 0 Å². The summed E-state index contributed by atoms with van der Waals surface area (Å²) in [5, 5.41) is 14.4. The lowest BCUT2D eigenvalue weighted by Gasteiger charge is -2.28. The van der Waals surface area contributed by atoms with E-state index in [0.29, 0.717) is 51.6 Å². The van der Waals surface area contributed by atoms with Crippen molar-refractivity contribution in [3.8, 4) is 0 Å². The zero-order valence-corrected chi connectivity index (χ0v) is 18.3. The molecule has 1 aromatic heterocycles. The molecule has 1 aliphatic heterocycles. The number of anilines is 2.